The fourth-order valence-electron chi connectivity index (χ4n) is 3.34. The molecule has 1 N–H and O–H groups in total. The molecular formula is C23H24FN7O. The first-order valence-corrected chi connectivity index (χ1v) is 10.3. The average Bonchev–Trinajstić information content (AvgIpc) is 3.46. The Bertz CT molecular complexity index is 1200. The highest BCUT2D eigenvalue weighted by Gasteiger charge is 2.21. The van der Waals surface area contributed by atoms with Crippen LogP contribution in [0.4, 0.5) is 4.39 Å². The van der Waals surface area contributed by atoms with Gasteiger partial charge in [-0.2, -0.15) is 20.1 Å². The zero-order valence-corrected chi connectivity index (χ0v) is 18.1. The smallest absolute Gasteiger partial charge is 0.253 e. The number of hydrogen-bond donors (Lipinski definition) is 1. The van der Waals surface area contributed by atoms with Gasteiger partial charge in [0.05, 0.1) is 48.1 Å². The summed E-state index contributed by atoms with van der Waals surface area (Å²) in [6.45, 7) is 6.50. The number of hydrogen-bond acceptors (Lipinski definition) is 5. The molecule has 4 aromatic rings. The number of aryl methyl sites for hydroxylation is 1. The first-order chi connectivity index (χ1) is 15.4. The van der Waals surface area contributed by atoms with Gasteiger partial charge in [-0.05, 0) is 43.2 Å². The SMILES string of the molecule is Cc1ccc(-n2nccn2)c(C(=O)N[C@H](Cn2ccc(-c3ccc(F)cn3)n2)C(C)C)c1. The summed E-state index contributed by atoms with van der Waals surface area (Å²) in [5.74, 6) is -0.435. The number of nitrogens with zero attached hydrogens (tertiary/aromatic N) is 6. The van der Waals surface area contributed by atoms with Crippen LogP contribution in [0.5, 0.6) is 0 Å². The molecule has 32 heavy (non-hydrogen) atoms. The van der Waals surface area contributed by atoms with E-state index < -0.39 is 5.82 Å². The van der Waals surface area contributed by atoms with Crippen molar-refractivity contribution in [2.45, 2.75) is 33.4 Å². The second-order valence-corrected chi connectivity index (χ2v) is 7.95. The maximum atomic E-state index is 13.2. The van der Waals surface area contributed by atoms with Crippen LogP contribution in [0.25, 0.3) is 17.1 Å². The van der Waals surface area contributed by atoms with E-state index in [1.165, 1.54) is 17.1 Å². The van der Waals surface area contributed by atoms with Crippen molar-refractivity contribution in [2.24, 2.45) is 5.92 Å². The normalized spacial score (nSPS) is 12.2. The van der Waals surface area contributed by atoms with E-state index in [9.17, 15) is 9.18 Å². The van der Waals surface area contributed by atoms with Crippen molar-refractivity contribution in [2.75, 3.05) is 0 Å². The predicted molar refractivity (Wildman–Crippen MR) is 118 cm³/mol. The lowest BCUT2D eigenvalue weighted by molar-refractivity contribution is 0.0919. The van der Waals surface area contributed by atoms with Gasteiger partial charge in [0.15, 0.2) is 0 Å². The Morgan fingerprint density at radius 1 is 1.09 bits per heavy atom. The standard InChI is InChI=1S/C23H24FN7O/c1-15(2)21(14-30-11-8-20(29-30)19-6-5-17(24)13-25-19)28-23(32)18-12-16(3)4-7-22(18)31-26-9-10-27-31/h4-13,15,21H,14H2,1-3H3,(H,28,32)/t21-/m1/s1. The first-order valence-electron chi connectivity index (χ1n) is 10.3. The molecule has 0 saturated heterocycles. The molecule has 0 fully saturated rings. The molecule has 9 heteroatoms. The van der Waals surface area contributed by atoms with E-state index in [1.807, 2.05) is 51.2 Å². The molecule has 0 aliphatic heterocycles. The van der Waals surface area contributed by atoms with Crippen LogP contribution >= 0.6 is 0 Å². The van der Waals surface area contributed by atoms with Gasteiger partial charge in [0.2, 0.25) is 0 Å². The molecule has 0 unspecified atom stereocenters. The molecule has 1 aromatic carbocycles. The van der Waals surface area contributed by atoms with Crippen molar-refractivity contribution in [3.63, 3.8) is 0 Å². The number of halogens is 1. The number of carbonyl (C=O) groups is 1. The minimum absolute atomic E-state index is 0.159. The average molecular weight is 433 g/mol. The van der Waals surface area contributed by atoms with Crippen LogP contribution in [0, 0.1) is 18.7 Å². The number of nitrogens with one attached hydrogen (secondary N) is 1. The number of benzene rings is 1. The highest BCUT2D eigenvalue weighted by atomic mass is 19.1. The Hall–Kier alpha value is -3.88. The van der Waals surface area contributed by atoms with Crippen LogP contribution in [0.15, 0.2) is 61.2 Å². The third-order valence-electron chi connectivity index (χ3n) is 5.17. The summed E-state index contributed by atoms with van der Waals surface area (Å²) in [7, 11) is 0. The Labute approximate surface area is 185 Å². The molecule has 0 bridgehead atoms. The Morgan fingerprint density at radius 2 is 1.88 bits per heavy atom. The molecule has 0 saturated carbocycles. The summed E-state index contributed by atoms with van der Waals surface area (Å²) in [4.78, 5) is 18.7. The summed E-state index contributed by atoms with van der Waals surface area (Å²) in [5.41, 5.74) is 3.32. The van der Waals surface area contributed by atoms with E-state index in [4.69, 9.17) is 0 Å². The molecule has 3 heterocycles. The van der Waals surface area contributed by atoms with Gasteiger partial charge in [0.25, 0.3) is 5.91 Å². The second-order valence-electron chi connectivity index (χ2n) is 7.95. The van der Waals surface area contributed by atoms with Crippen molar-refractivity contribution in [3.8, 4) is 17.1 Å². The predicted octanol–water partition coefficient (Wildman–Crippen LogP) is 3.43. The summed E-state index contributed by atoms with van der Waals surface area (Å²) in [5, 5.41) is 16.0. The van der Waals surface area contributed by atoms with Gasteiger partial charge in [0, 0.05) is 6.20 Å². The fourth-order valence-corrected chi connectivity index (χ4v) is 3.34. The molecule has 0 radical (unpaired) electrons. The lowest BCUT2D eigenvalue weighted by Gasteiger charge is -2.23. The van der Waals surface area contributed by atoms with Gasteiger partial charge < -0.3 is 5.32 Å². The number of pyridine rings is 1. The summed E-state index contributed by atoms with van der Waals surface area (Å²) >= 11 is 0. The molecule has 3 aromatic heterocycles. The highest BCUT2D eigenvalue weighted by Crippen LogP contribution is 2.18. The van der Waals surface area contributed by atoms with Crippen molar-refractivity contribution in [1.82, 2.24) is 35.1 Å². The third kappa shape index (κ3) is 4.72. The molecule has 0 aliphatic carbocycles. The number of carbonyl (C=O) groups excluding carboxylic acids is 1. The lowest BCUT2D eigenvalue weighted by atomic mass is 10.0. The zero-order valence-electron chi connectivity index (χ0n) is 18.1. The third-order valence-corrected chi connectivity index (χ3v) is 5.17. The fraction of sp³-hybridized carbons (Fsp3) is 0.261. The van der Waals surface area contributed by atoms with Crippen molar-refractivity contribution < 1.29 is 9.18 Å². The van der Waals surface area contributed by atoms with E-state index in [2.05, 4.69) is 25.6 Å². The molecule has 4 rings (SSSR count). The van der Waals surface area contributed by atoms with E-state index >= 15 is 0 Å². The Kier molecular flexibility index (Phi) is 6.07. The van der Waals surface area contributed by atoms with Crippen LogP contribution in [0.3, 0.4) is 0 Å². The van der Waals surface area contributed by atoms with Crippen LogP contribution in [0.2, 0.25) is 0 Å². The number of rotatable bonds is 7. The second kappa shape index (κ2) is 9.09. The van der Waals surface area contributed by atoms with Gasteiger partial charge in [-0.15, -0.1) is 0 Å². The Balaban J connectivity index is 1.53. The van der Waals surface area contributed by atoms with Crippen molar-refractivity contribution in [3.05, 3.63) is 78.1 Å². The maximum Gasteiger partial charge on any atom is 0.253 e. The monoisotopic (exact) mass is 433 g/mol. The molecule has 1 amide bonds. The molecule has 0 aliphatic rings. The molecule has 1 atom stereocenters. The maximum absolute atomic E-state index is 13.2. The van der Waals surface area contributed by atoms with Crippen molar-refractivity contribution in [1.29, 1.82) is 0 Å². The number of amides is 1. The first kappa shape index (κ1) is 21.4. The molecule has 8 nitrogen and oxygen atoms in total. The minimum atomic E-state index is -0.392. The number of aromatic nitrogens is 6. The molecule has 164 valence electrons. The molecular weight excluding hydrogens is 409 g/mol. The van der Waals surface area contributed by atoms with E-state index in [0.29, 0.717) is 29.2 Å². The van der Waals surface area contributed by atoms with Crippen LogP contribution in [0.1, 0.15) is 29.8 Å². The van der Waals surface area contributed by atoms with Crippen LogP contribution in [-0.2, 0) is 6.54 Å². The van der Waals surface area contributed by atoms with Gasteiger partial charge in [-0.3, -0.25) is 14.5 Å². The van der Waals surface area contributed by atoms with Gasteiger partial charge in [0.1, 0.15) is 11.5 Å². The summed E-state index contributed by atoms with van der Waals surface area (Å²) < 4.78 is 14.9. The van der Waals surface area contributed by atoms with E-state index in [1.54, 1.807) is 23.1 Å². The lowest BCUT2D eigenvalue weighted by Crippen LogP contribution is -2.42. The minimum Gasteiger partial charge on any atom is -0.347 e. The van der Waals surface area contributed by atoms with Crippen LogP contribution in [-0.4, -0.2) is 41.7 Å². The van der Waals surface area contributed by atoms with Gasteiger partial charge in [-0.25, -0.2) is 4.39 Å². The van der Waals surface area contributed by atoms with Gasteiger partial charge >= 0.3 is 0 Å². The Morgan fingerprint density at radius 3 is 2.56 bits per heavy atom. The van der Waals surface area contributed by atoms with Crippen molar-refractivity contribution >= 4 is 5.91 Å². The highest BCUT2D eigenvalue weighted by molar-refractivity contribution is 5.98. The molecule has 0 spiro atoms. The summed E-state index contributed by atoms with van der Waals surface area (Å²) in [6, 6.07) is 10.2. The topological polar surface area (TPSA) is 90.5 Å². The quantitative estimate of drug-likeness (QED) is 0.482. The largest absolute Gasteiger partial charge is 0.347 e. The van der Waals surface area contributed by atoms with E-state index in [0.717, 1.165) is 5.56 Å². The van der Waals surface area contributed by atoms with E-state index in [-0.39, 0.29) is 17.9 Å². The summed E-state index contributed by atoms with van der Waals surface area (Å²) in [6.07, 6.45) is 6.14. The van der Waals surface area contributed by atoms with Gasteiger partial charge in [-0.1, -0.05) is 25.5 Å². The van der Waals surface area contributed by atoms with Crippen LogP contribution < -0.4 is 5.32 Å². The zero-order chi connectivity index (χ0) is 22.7.